The number of nitriles is 1. The third kappa shape index (κ3) is 3.40. The van der Waals surface area contributed by atoms with Crippen LogP contribution >= 0.6 is 0 Å². The Morgan fingerprint density at radius 3 is 2.88 bits per heavy atom. The number of ether oxygens (including phenoxy) is 1. The van der Waals surface area contributed by atoms with E-state index in [0.717, 1.165) is 30.5 Å². The average molecular weight is 340 g/mol. The number of carbonyl (C=O) groups is 1. The molecule has 0 saturated carbocycles. The van der Waals surface area contributed by atoms with Gasteiger partial charge >= 0.3 is 5.97 Å². The summed E-state index contributed by atoms with van der Waals surface area (Å²) < 4.78 is 7.71. The molecule has 0 unspecified atom stereocenters. The van der Waals surface area contributed by atoms with Crippen LogP contribution in [0.5, 0.6) is 0 Å². The minimum absolute atomic E-state index is 0.117. The Hall–Kier alpha value is -2.32. The number of hydrogen-bond donors (Lipinski definition) is 1. The number of carboxylic acids is 1. The molecule has 1 N–H and O–H groups in total. The number of hydrogen-bond acceptors (Lipinski definition) is 3. The first-order valence-corrected chi connectivity index (χ1v) is 8.71. The van der Waals surface area contributed by atoms with E-state index in [9.17, 15) is 9.90 Å². The fraction of sp³-hybridized carbons (Fsp3) is 0.500. The van der Waals surface area contributed by atoms with E-state index in [4.69, 9.17) is 10.00 Å². The molecule has 1 fully saturated rings. The number of aromatic nitrogens is 1. The summed E-state index contributed by atoms with van der Waals surface area (Å²) in [6.45, 7) is 6.86. The molecule has 0 aliphatic carbocycles. The molecule has 0 spiro atoms. The summed E-state index contributed by atoms with van der Waals surface area (Å²) in [5, 5.41) is 18.5. The Labute approximate surface area is 147 Å². The van der Waals surface area contributed by atoms with E-state index in [1.807, 2.05) is 23.6 Å². The van der Waals surface area contributed by atoms with Crippen LogP contribution < -0.4 is 0 Å². The van der Waals surface area contributed by atoms with Gasteiger partial charge in [-0.3, -0.25) is 0 Å². The molecule has 1 aliphatic heterocycles. The maximum atomic E-state index is 11.7. The first kappa shape index (κ1) is 17.5. The van der Waals surface area contributed by atoms with Crippen molar-refractivity contribution in [3.05, 3.63) is 41.2 Å². The predicted molar refractivity (Wildman–Crippen MR) is 95.0 cm³/mol. The van der Waals surface area contributed by atoms with Crippen molar-refractivity contribution in [1.29, 1.82) is 5.26 Å². The van der Waals surface area contributed by atoms with Crippen molar-refractivity contribution >= 4 is 11.5 Å². The largest absolute Gasteiger partial charge is 0.478 e. The van der Waals surface area contributed by atoms with Crippen LogP contribution in [0.15, 0.2) is 24.5 Å². The fourth-order valence-corrected chi connectivity index (χ4v) is 3.90. The minimum atomic E-state index is -0.947. The number of aromatic carboxylic acids is 1. The van der Waals surface area contributed by atoms with Crippen molar-refractivity contribution in [3.8, 4) is 6.07 Å². The van der Waals surface area contributed by atoms with E-state index >= 15 is 0 Å². The predicted octanol–water partition coefficient (Wildman–Crippen LogP) is 4.33. The van der Waals surface area contributed by atoms with Crippen LogP contribution in [0.2, 0.25) is 0 Å². The lowest BCUT2D eigenvalue weighted by Crippen LogP contribution is -2.33. The quantitative estimate of drug-likeness (QED) is 0.899. The minimum Gasteiger partial charge on any atom is -0.478 e. The summed E-state index contributed by atoms with van der Waals surface area (Å²) in [6.07, 6.45) is 5.93. The normalized spacial score (nSPS) is 21.0. The van der Waals surface area contributed by atoms with E-state index in [-0.39, 0.29) is 17.1 Å². The van der Waals surface area contributed by atoms with Crippen molar-refractivity contribution < 1.29 is 14.6 Å². The maximum Gasteiger partial charge on any atom is 0.337 e. The smallest absolute Gasteiger partial charge is 0.337 e. The van der Waals surface area contributed by atoms with Crippen molar-refractivity contribution in [2.24, 2.45) is 0 Å². The Bertz CT molecular complexity index is 844. The van der Waals surface area contributed by atoms with Crippen molar-refractivity contribution in [2.75, 3.05) is 6.61 Å². The van der Waals surface area contributed by atoms with E-state index in [1.54, 1.807) is 6.20 Å². The first-order valence-electron chi connectivity index (χ1n) is 8.71. The summed E-state index contributed by atoms with van der Waals surface area (Å²) in [5.41, 5.74) is 2.97. The van der Waals surface area contributed by atoms with Crippen LogP contribution in [0.4, 0.5) is 0 Å². The van der Waals surface area contributed by atoms with Gasteiger partial charge in [-0.1, -0.05) is 13.0 Å². The summed E-state index contributed by atoms with van der Waals surface area (Å²) >= 11 is 0. The Morgan fingerprint density at radius 1 is 1.48 bits per heavy atom. The van der Waals surface area contributed by atoms with Crippen LogP contribution in [-0.4, -0.2) is 27.7 Å². The molecule has 1 saturated heterocycles. The van der Waals surface area contributed by atoms with E-state index < -0.39 is 5.97 Å². The molecule has 3 heterocycles. The number of carboxylic acid groups (broad SMARTS) is 1. The lowest BCUT2D eigenvalue weighted by atomic mass is 9.84. The zero-order chi connectivity index (χ0) is 18.2. The highest BCUT2D eigenvalue weighted by Crippen LogP contribution is 2.37. The first-order chi connectivity index (χ1) is 11.8. The van der Waals surface area contributed by atoms with E-state index in [2.05, 4.69) is 26.0 Å². The molecule has 132 valence electrons. The molecule has 5 heteroatoms. The maximum absolute atomic E-state index is 11.7. The Morgan fingerprint density at radius 2 is 2.24 bits per heavy atom. The second-order valence-corrected chi connectivity index (χ2v) is 7.58. The summed E-state index contributed by atoms with van der Waals surface area (Å²) in [4.78, 5) is 11.7. The zero-order valence-electron chi connectivity index (χ0n) is 15.0. The van der Waals surface area contributed by atoms with Gasteiger partial charge in [0.1, 0.15) is 0 Å². The van der Waals surface area contributed by atoms with Gasteiger partial charge in [-0.25, -0.2) is 4.79 Å². The van der Waals surface area contributed by atoms with Gasteiger partial charge in [0.2, 0.25) is 0 Å². The van der Waals surface area contributed by atoms with Gasteiger partial charge < -0.3 is 14.2 Å². The van der Waals surface area contributed by atoms with Gasteiger partial charge in [-0.05, 0) is 55.7 Å². The van der Waals surface area contributed by atoms with Crippen LogP contribution in [0.1, 0.15) is 73.4 Å². The molecule has 25 heavy (non-hydrogen) atoms. The molecule has 0 amide bonds. The third-order valence-electron chi connectivity index (χ3n) is 5.12. The number of pyridine rings is 1. The van der Waals surface area contributed by atoms with Crippen LogP contribution in [0.25, 0.3) is 5.52 Å². The highest BCUT2D eigenvalue weighted by atomic mass is 16.5. The Kier molecular flexibility index (Phi) is 4.57. The third-order valence-corrected chi connectivity index (χ3v) is 5.12. The number of fused-ring (bicyclic) bond motifs is 1. The second-order valence-electron chi connectivity index (χ2n) is 7.58. The van der Waals surface area contributed by atoms with Gasteiger partial charge in [0.05, 0.1) is 17.2 Å². The van der Waals surface area contributed by atoms with Gasteiger partial charge in [-0.2, -0.15) is 5.26 Å². The fourth-order valence-electron chi connectivity index (χ4n) is 3.90. The molecular formula is C20H24N2O3. The highest BCUT2D eigenvalue weighted by Gasteiger charge is 2.30. The van der Waals surface area contributed by atoms with Crippen molar-refractivity contribution in [3.63, 3.8) is 0 Å². The second kappa shape index (κ2) is 6.53. The summed E-state index contributed by atoms with van der Waals surface area (Å²) in [7, 11) is 0. The topological polar surface area (TPSA) is 74.7 Å². The zero-order valence-corrected chi connectivity index (χ0v) is 15.0. The summed E-state index contributed by atoms with van der Waals surface area (Å²) in [6, 6.07) is 6.23. The molecule has 0 bridgehead atoms. The van der Waals surface area contributed by atoms with Gasteiger partial charge in [0, 0.05) is 30.9 Å². The lowest BCUT2D eigenvalue weighted by Gasteiger charge is -2.35. The van der Waals surface area contributed by atoms with Gasteiger partial charge in [0.15, 0.2) is 0 Å². The van der Waals surface area contributed by atoms with Crippen LogP contribution in [-0.2, 0) is 4.74 Å². The molecule has 1 aliphatic rings. The monoisotopic (exact) mass is 340 g/mol. The average Bonchev–Trinajstić information content (AvgIpc) is 2.93. The standard InChI is InChI=1S/C20H24N2O3/c1-13(6-8-21)18-16(19(23)24)12-22-11-15(4-5-17(18)22)14-7-9-25-20(2,3)10-14/h4-5,11-14H,6-7,9-10H2,1-3H3,(H,23,24)/t13-,14+/m0/s1. The van der Waals surface area contributed by atoms with Crippen molar-refractivity contribution in [1.82, 2.24) is 4.40 Å². The van der Waals surface area contributed by atoms with E-state index in [1.165, 1.54) is 5.56 Å². The lowest BCUT2D eigenvalue weighted by molar-refractivity contribution is -0.0593. The number of nitrogens with zero attached hydrogens (tertiary/aromatic N) is 2. The highest BCUT2D eigenvalue weighted by molar-refractivity contribution is 5.92. The molecule has 2 aromatic rings. The number of rotatable bonds is 4. The van der Waals surface area contributed by atoms with Gasteiger partial charge in [0.25, 0.3) is 0 Å². The molecule has 5 nitrogen and oxygen atoms in total. The summed E-state index contributed by atoms with van der Waals surface area (Å²) in [5.74, 6) is -0.657. The van der Waals surface area contributed by atoms with Gasteiger partial charge in [-0.15, -0.1) is 0 Å². The molecule has 2 aromatic heterocycles. The molecule has 3 rings (SSSR count). The Balaban J connectivity index is 2.04. The molecular weight excluding hydrogens is 316 g/mol. The molecule has 0 radical (unpaired) electrons. The van der Waals surface area contributed by atoms with Crippen LogP contribution in [0.3, 0.4) is 0 Å². The molecule has 0 aromatic carbocycles. The SMILES string of the molecule is C[C@@H](CC#N)c1c(C(=O)O)cn2cc([C@@H]3CCOC(C)(C)C3)ccc12. The molecule has 2 atom stereocenters. The van der Waals surface area contributed by atoms with E-state index in [0.29, 0.717) is 12.3 Å². The van der Waals surface area contributed by atoms with Crippen molar-refractivity contribution in [2.45, 2.75) is 57.5 Å². The van der Waals surface area contributed by atoms with Crippen LogP contribution in [0, 0.1) is 11.3 Å².